The van der Waals surface area contributed by atoms with E-state index in [1.807, 2.05) is 27.7 Å². The van der Waals surface area contributed by atoms with Crippen molar-refractivity contribution in [3.63, 3.8) is 0 Å². The van der Waals surface area contributed by atoms with Gasteiger partial charge >= 0.3 is 0 Å². The quantitative estimate of drug-likeness (QED) is 0.713. The lowest BCUT2D eigenvalue weighted by Crippen LogP contribution is -2.43. The zero-order valence-corrected chi connectivity index (χ0v) is 12.0. The number of aliphatic hydroxyl groups excluding tert-OH is 1. The number of nitrogens with zero attached hydrogens (tertiary/aromatic N) is 1. The second kappa shape index (κ2) is 5.38. The number of imidazole rings is 1. The molecule has 0 aliphatic rings. The molecule has 7 heteroatoms. The fourth-order valence-electron chi connectivity index (χ4n) is 1.76. The molecule has 0 saturated heterocycles. The van der Waals surface area contributed by atoms with Gasteiger partial charge in [-0.25, -0.2) is 18.1 Å². The number of sulfonamides is 1. The van der Waals surface area contributed by atoms with Crippen molar-refractivity contribution >= 4 is 10.0 Å². The fourth-order valence-corrected chi connectivity index (χ4v) is 2.88. The van der Waals surface area contributed by atoms with E-state index in [9.17, 15) is 13.5 Å². The highest BCUT2D eigenvalue weighted by atomic mass is 32.2. The van der Waals surface area contributed by atoms with Gasteiger partial charge in [-0.1, -0.05) is 27.7 Å². The minimum absolute atomic E-state index is 0.0253. The lowest BCUT2D eigenvalue weighted by atomic mass is 9.81. The first-order valence-corrected chi connectivity index (χ1v) is 7.31. The normalized spacial score (nSPS) is 15.0. The Morgan fingerprint density at radius 1 is 1.50 bits per heavy atom. The number of H-pyrrole nitrogens is 1. The second-order valence-corrected chi connectivity index (χ2v) is 7.15. The highest BCUT2D eigenvalue weighted by Gasteiger charge is 2.31. The summed E-state index contributed by atoms with van der Waals surface area (Å²) in [7, 11) is -3.59. The van der Waals surface area contributed by atoms with Crippen LogP contribution in [0.1, 0.15) is 27.7 Å². The largest absolute Gasteiger partial charge is 0.392 e. The van der Waals surface area contributed by atoms with Crippen LogP contribution in [0.15, 0.2) is 17.6 Å². The lowest BCUT2D eigenvalue weighted by molar-refractivity contribution is 0.0166. The number of aromatic nitrogens is 2. The van der Waals surface area contributed by atoms with E-state index in [4.69, 9.17) is 0 Å². The van der Waals surface area contributed by atoms with Crippen LogP contribution in [0.2, 0.25) is 0 Å². The monoisotopic (exact) mass is 275 g/mol. The summed E-state index contributed by atoms with van der Waals surface area (Å²) in [6.45, 7) is 7.61. The maximum atomic E-state index is 11.9. The number of hydrogen-bond donors (Lipinski definition) is 3. The molecule has 0 fully saturated rings. The van der Waals surface area contributed by atoms with Crippen molar-refractivity contribution in [3.05, 3.63) is 12.5 Å². The summed E-state index contributed by atoms with van der Waals surface area (Å²) in [5.74, 6) is 0.0664. The number of aromatic amines is 1. The Balaban J connectivity index is 2.71. The molecule has 6 nitrogen and oxygen atoms in total. The van der Waals surface area contributed by atoms with Gasteiger partial charge in [-0.15, -0.1) is 0 Å². The summed E-state index contributed by atoms with van der Waals surface area (Å²) in [6, 6.07) is 0. The molecule has 0 aliphatic heterocycles. The maximum Gasteiger partial charge on any atom is 0.257 e. The van der Waals surface area contributed by atoms with Crippen molar-refractivity contribution < 1.29 is 13.5 Å². The smallest absolute Gasteiger partial charge is 0.257 e. The SMILES string of the molecule is CC(C)C(O)C(C)(C)CNS(=O)(=O)c1cnc[nH]1. The van der Waals surface area contributed by atoms with Gasteiger partial charge in [-0.3, -0.25) is 0 Å². The van der Waals surface area contributed by atoms with Gasteiger partial charge in [0.05, 0.1) is 18.6 Å². The Hall–Kier alpha value is -0.920. The predicted molar refractivity (Wildman–Crippen MR) is 68.4 cm³/mol. The molecule has 0 radical (unpaired) electrons. The molecule has 0 spiro atoms. The average Bonchev–Trinajstić information content (AvgIpc) is 2.79. The van der Waals surface area contributed by atoms with Crippen LogP contribution in [0, 0.1) is 11.3 Å². The third kappa shape index (κ3) is 3.54. The van der Waals surface area contributed by atoms with E-state index in [1.54, 1.807) is 0 Å². The Kier molecular flexibility index (Phi) is 4.52. The number of rotatable bonds is 6. The van der Waals surface area contributed by atoms with Gasteiger partial charge in [0.2, 0.25) is 0 Å². The average molecular weight is 275 g/mol. The van der Waals surface area contributed by atoms with Crippen molar-refractivity contribution in [1.82, 2.24) is 14.7 Å². The molecule has 0 saturated carbocycles. The Bertz CT molecular complexity index is 466. The molecule has 1 rings (SSSR count). The van der Waals surface area contributed by atoms with E-state index >= 15 is 0 Å². The lowest BCUT2D eigenvalue weighted by Gasteiger charge is -2.33. The molecule has 3 N–H and O–H groups in total. The summed E-state index contributed by atoms with van der Waals surface area (Å²) >= 11 is 0. The molecule has 1 atom stereocenters. The van der Waals surface area contributed by atoms with E-state index in [1.165, 1.54) is 12.5 Å². The van der Waals surface area contributed by atoms with Gasteiger partial charge in [0, 0.05) is 12.0 Å². The first-order valence-electron chi connectivity index (χ1n) is 5.83. The Morgan fingerprint density at radius 3 is 2.56 bits per heavy atom. The van der Waals surface area contributed by atoms with Crippen LogP contribution >= 0.6 is 0 Å². The third-order valence-electron chi connectivity index (χ3n) is 2.91. The topological polar surface area (TPSA) is 95.1 Å². The van der Waals surface area contributed by atoms with Gasteiger partial charge in [0.15, 0.2) is 5.03 Å². The highest BCUT2D eigenvalue weighted by Crippen LogP contribution is 2.25. The van der Waals surface area contributed by atoms with Gasteiger partial charge in [-0.05, 0) is 5.92 Å². The van der Waals surface area contributed by atoms with Gasteiger partial charge in [-0.2, -0.15) is 0 Å². The van der Waals surface area contributed by atoms with E-state index < -0.39 is 21.5 Å². The van der Waals surface area contributed by atoms with Gasteiger partial charge < -0.3 is 10.1 Å². The molecule has 0 bridgehead atoms. The maximum absolute atomic E-state index is 11.9. The van der Waals surface area contributed by atoms with Crippen LogP contribution in [0.4, 0.5) is 0 Å². The standard InChI is InChI=1S/C11H21N3O3S/c1-8(2)10(15)11(3,4)6-14-18(16,17)9-5-12-7-13-9/h5,7-8,10,14-15H,6H2,1-4H3,(H,12,13). The highest BCUT2D eigenvalue weighted by molar-refractivity contribution is 7.89. The molecule has 0 aliphatic carbocycles. The Labute approximate surface area is 108 Å². The number of hydrogen-bond acceptors (Lipinski definition) is 4. The molecular formula is C11H21N3O3S. The fraction of sp³-hybridized carbons (Fsp3) is 0.727. The molecule has 1 heterocycles. The molecule has 1 unspecified atom stereocenters. The number of aliphatic hydroxyl groups is 1. The van der Waals surface area contributed by atoms with Crippen molar-refractivity contribution in [1.29, 1.82) is 0 Å². The molecule has 104 valence electrons. The molecule has 0 aromatic carbocycles. The third-order valence-corrected chi connectivity index (χ3v) is 4.24. The minimum atomic E-state index is -3.59. The second-order valence-electron chi connectivity index (χ2n) is 5.42. The van der Waals surface area contributed by atoms with Crippen LogP contribution < -0.4 is 4.72 Å². The van der Waals surface area contributed by atoms with Gasteiger partial charge in [0.1, 0.15) is 0 Å². The summed E-state index contributed by atoms with van der Waals surface area (Å²) in [5, 5.41) is 10.1. The minimum Gasteiger partial charge on any atom is -0.392 e. The predicted octanol–water partition coefficient (Wildman–Crippen LogP) is 0.731. The van der Waals surface area contributed by atoms with Crippen LogP contribution in [-0.4, -0.2) is 36.1 Å². The van der Waals surface area contributed by atoms with Crippen molar-refractivity contribution in [2.24, 2.45) is 11.3 Å². The summed E-state index contributed by atoms with van der Waals surface area (Å²) in [5.41, 5.74) is -0.540. The zero-order valence-electron chi connectivity index (χ0n) is 11.1. The Morgan fingerprint density at radius 2 is 2.11 bits per heavy atom. The van der Waals surface area contributed by atoms with Crippen molar-refractivity contribution in [2.45, 2.75) is 38.8 Å². The van der Waals surface area contributed by atoms with Gasteiger partial charge in [0.25, 0.3) is 10.0 Å². The van der Waals surface area contributed by atoms with Crippen LogP contribution in [0.5, 0.6) is 0 Å². The summed E-state index contributed by atoms with van der Waals surface area (Å²) < 4.78 is 26.2. The van der Waals surface area contributed by atoms with Crippen LogP contribution in [0.3, 0.4) is 0 Å². The first-order chi connectivity index (χ1) is 8.17. The molecular weight excluding hydrogens is 254 g/mol. The van der Waals surface area contributed by atoms with E-state index in [0.29, 0.717) is 0 Å². The van der Waals surface area contributed by atoms with E-state index in [2.05, 4.69) is 14.7 Å². The number of nitrogens with one attached hydrogen (secondary N) is 2. The van der Waals surface area contributed by atoms with E-state index in [0.717, 1.165) is 0 Å². The molecule has 18 heavy (non-hydrogen) atoms. The van der Waals surface area contributed by atoms with Crippen molar-refractivity contribution in [3.8, 4) is 0 Å². The summed E-state index contributed by atoms with van der Waals surface area (Å²) in [4.78, 5) is 6.21. The van der Waals surface area contributed by atoms with E-state index in [-0.39, 0.29) is 17.5 Å². The first kappa shape index (κ1) is 15.1. The molecule has 0 amide bonds. The van der Waals surface area contributed by atoms with Crippen molar-refractivity contribution in [2.75, 3.05) is 6.54 Å². The molecule has 1 aromatic rings. The van der Waals surface area contributed by atoms with Crippen LogP contribution in [0.25, 0.3) is 0 Å². The summed E-state index contributed by atoms with van der Waals surface area (Å²) in [6.07, 6.45) is 1.97. The molecule has 1 aromatic heterocycles. The zero-order chi connectivity index (χ0) is 14.0. The van der Waals surface area contributed by atoms with Crippen LogP contribution in [-0.2, 0) is 10.0 Å².